The van der Waals surface area contributed by atoms with Crippen molar-refractivity contribution in [3.63, 3.8) is 0 Å². The van der Waals surface area contributed by atoms with Crippen molar-refractivity contribution in [2.24, 2.45) is 0 Å². The van der Waals surface area contributed by atoms with Gasteiger partial charge in [0.15, 0.2) is 0 Å². The van der Waals surface area contributed by atoms with Crippen LogP contribution >= 0.6 is 8.07 Å². The Labute approximate surface area is 87.2 Å². The van der Waals surface area contributed by atoms with Gasteiger partial charge in [-0.25, -0.2) is 9.97 Å². The minimum Gasteiger partial charge on any atom is -0.333 e. The third-order valence-electron chi connectivity index (χ3n) is 1.91. The Bertz CT molecular complexity index is 253. The normalized spacial score (nSPS) is 11.4. The summed E-state index contributed by atoms with van der Waals surface area (Å²) in [6.45, 7) is 8.95. The number of nitrogens with one attached hydrogen (secondary N) is 1. The molecule has 0 aliphatic rings. The number of anilines is 1. The molecule has 0 aliphatic heterocycles. The van der Waals surface area contributed by atoms with Crippen LogP contribution in [-0.2, 0) is 0 Å². The van der Waals surface area contributed by atoms with Gasteiger partial charge in [0, 0.05) is 12.4 Å². The number of aromatic nitrogens is 2. The first-order valence-corrected chi connectivity index (χ1v) is 6.41. The summed E-state index contributed by atoms with van der Waals surface area (Å²) >= 11 is 0. The van der Waals surface area contributed by atoms with E-state index in [1.807, 2.05) is 6.07 Å². The second kappa shape index (κ2) is 5.26. The summed E-state index contributed by atoms with van der Waals surface area (Å²) in [4.78, 5) is 8.35. The van der Waals surface area contributed by atoms with E-state index in [0.717, 1.165) is 5.95 Å². The average molecular weight is 211 g/mol. The summed E-state index contributed by atoms with van der Waals surface area (Å²) in [6.07, 6.45) is 3.53. The molecule has 1 aromatic rings. The van der Waals surface area contributed by atoms with Crippen LogP contribution in [0.5, 0.6) is 0 Å². The van der Waals surface area contributed by atoms with Crippen LogP contribution in [0.15, 0.2) is 18.5 Å². The van der Waals surface area contributed by atoms with Crippen LogP contribution in [-0.4, -0.2) is 21.3 Å². The molecule has 0 aromatic carbocycles. The minimum absolute atomic E-state index is 0.230. The number of nitrogens with zero attached hydrogens (tertiary/aromatic N) is 2. The number of rotatable bonds is 4. The zero-order chi connectivity index (χ0) is 10.6. The average Bonchev–Trinajstić information content (AvgIpc) is 2.15. The number of hydrogen-bond acceptors (Lipinski definition) is 3. The lowest BCUT2D eigenvalue weighted by Gasteiger charge is -2.25. The molecular formula is C10H18N3P. The lowest BCUT2D eigenvalue weighted by Crippen LogP contribution is -2.11. The van der Waals surface area contributed by atoms with E-state index in [-0.39, 0.29) is 8.07 Å². The third-order valence-corrected chi connectivity index (χ3v) is 4.59. The van der Waals surface area contributed by atoms with Crippen molar-refractivity contribution in [2.45, 2.75) is 39.0 Å². The predicted octanol–water partition coefficient (Wildman–Crippen LogP) is 3.10. The first-order valence-electron chi connectivity index (χ1n) is 4.93. The van der Waals surface area contributed by atoms with Gasteiger partial charge < -0.3 is 5.09 Å². The van der Waals surface area contributed by atoms with Crippen LogP contribution in [0.2, 0.25) is 0 Å². The van der Waals surface area contributed by atoms with Gasteiger partial charge in [-0.3, -0.25) is 0 Å². The predicted molar refractivity (Wildman–Crippen MR) is 62.8 cm³/mol. The molecule has 4 heteroatoms. The lowest BCUT2D eigenvalue weighted by molar-refractivity contribution is 1.01. The van der Waals surface area contributed by atoms with E-state index in [2.05, 4.69) is 42.8 Å². The molecule has 0 atom stereocenters. The molecule has 0 fully saturated rings. The molecule has 0 spiro atoms. The van der Waals surface area contributed by atoms with E-state index in [1.165, 1.54) is 0 Å². The van der Waals surface area contributed by atoms with E-state index < -0.39 is 0 Å². The summed E-state index contributed by atoms with van der Waals surface area (Å²) in [5, 5.41) is 3.42. The fourth-order valence-corrected chi connectivity index (χ4v) is 3.38. The van der Waals surface area contributed by atoms with Crippen molar-refractivity contribution in [3.05, 3.63) is 18.5 Å². The molecule has 1 N–H and O–H groups in total. The molecule has 0 bridgehead atoms. The molecule has 1 rings (SSSR count). The molecule has 3 nitrogen and oxygen atoms in total. The monoisotopic (exact) mass is 211 g/mol. The Kier molecular flexibility index (Phi) is 4.27. The molecule has 1 heterocycles. The van der Waals surface area contributed by atoms with Gasteiger partial charge in [-0.1, -0.05) is 27.7 Å². The van der Waals surface area contributed by atoms with Gasteiger partial charge >= 0.3 is 0 Å². The third kappa shape index (κ3) is 3.22. The molecule has 0 saturated heterocycles. The SMILES string of the molecule is CC(C)P(Nc1ncccn1)C(C)C. The maximum atomic E-state index is 4.18. The Hall–Kier alpha value is -0.690. The summed E-state index contributed by atoms with van der Waals surface area (Å²) < 4.78 is 0. The molecule has 0 saturated carbocycles. The molecule has 78 valence electrons. The van der Waals surface area contributed by atoms with E-state index in [9.17, 15) is 0 Å². The van der Waals surface area contributed by atoms with Gasteiger partial charge in [0.2, 0.25) is 5.95 Å². The largest absolute Gasteiger partial charge is 0.333 e. The van der Waals surface area contributed by atoms with E-state index in [1.54, 1.807) is 12.4 Å². The highest BCUT2D eigenvalue weighted by Crippen LogP contribution is 2.44. The van der Waals surface area contributed by atoms with Gasteiger partial charge in [0.1, 0.15) is 0 Å². The van der Waals surface area contributed by atoms with Crippen molar-refractivity contribution < 1.29 is 0 Å². The molecule has 0 amide bonds. The highest BCUT2D eigenvalue weighted by atomic mass is 31.1. The van der Waals surface area contributed by atoms with Gasteiger partial charge in [0.25, 0.3) is 0 Å². The molecule has 1 aromatic heterocycles. The fraction of sp³-hybridized carbons (Fsp3) is 0.600. The lowest BCUT2D eigenvalue weighted by atomic mass is 10.5. The molecule has 0 radical (unpaired) electrons. The number of hydrogen-bond donors (Lipinski definition) is 1. The van der Waals surface area contributed by atoms with E-state index in [0.29, 0.717) is 11.3 Å². The fourth-order valence-electron chi connectivity index (χ4n) is 1.33. The molecular weight excluding hydrogens is 193 g/mol. The van der Waals surface area contributed by atoms with Gasteiger partial charge in [0.05, 0.1) is 0 Å². The van der Waals surface area contributed by atoms with Crippen LogP contribution < -0.4 is 5.09 Å². The van der Waals surface area contributed by atoms with Crippen LogP contribution in [0.4, 0.5) is 5.95 Å². The summed E-state index contributed by atoms with van der Waals surface area (Å²) in [7, 11) is -0.230. The van der Waals surface area contributed by atoms with Crippen molar-refractivity contribution in [2.75, 3.05) is 5.09 Å². The molecule has 14 heavy (non-hydrogen) atoms. The molecule has 0 unspecified atom stereocenters. The Balaban J connectivity index is 2.65. The zero-order valence-corrected chi connectivity index (χ0v) is 10.1. The van der Waals surface area contributed by atoms with Crippen molar-refractivity contribution in [3.8, 4) is 0 Å². The van der Waals surface area contributed by atoms with Crippen LogP contribution in [0.25, 0.3) is 0 Å². The van der Waals surface area contributed by atoms with E-state index in [4.69, 9.17) is 0 Å². The summed E-state index contributed by atoms with van der Waals surface area (Å²) in [5.74, 6) is 0.751. The van der Waals surface area contributed by atoms with Crippen molar-refractivity contribution >= 4 is 14.0 Å². The minimum atomic E-state index is -0.230. The highest BCUT2D eigenvalue weighted by molar-refractivity contribution is 7.60. The quantitative estimate of drug-likeness (QED) is 0.777. The summed E-state index contributed by atoms with van der Waals surface area (Å²) in [5.41, 5.74) is 1.29. The second-order valence-electron chi connectivity index (χ2n) is 3.78. The molecule has 0 aliphatic carbocycles. The van der Waals surface area contributed by atoms with Crippen LogP contribution in [0.1, 0.15) is 27.7 Å². The zero-order valence-electron chi connectivity index (χ0n) is 9.23. The highest BCUT2D eigenvalue weighted by Gasteiger charge is 2.17. The van der Waals surface area contributed by atoms with Gasteiger partial charge in [-0.2, -0.15) is 0 Å². The van der Waals surface area contributed by atoms with Crippen molar-refractivity contribution in [1.82, 2.24) is 9.97 Å². The van der Waals surface area contributed by atoms with Crippen LogP contribution in [0.3, 0.4) is 0 Å². The summed E-state index contributed by atoms with van der Waals surface area (Å²) in [6, 6.07) is 1.83. The topological polar surface area (TPSA) is 37.8 Å². The first-order chi connectivity index (χ1) is 6.61. The first kappa shape index (κ1) is 11.4. The van der Waals surface area contributed by atoms with E-state index >= 15 is 0 Å². The Morgan fingerprint density at radius 2 is 1.57 bits per heavy atom. The standard InChI is InChI=1S/C10H18N3P/c1-8(2)14(9(3)4)13-10-11-6-5-7-12-10/h5-9H,1-4H3,(H,11,12,13). The maximum absolute atomic E-state index is 4.18. The van der Waals surface area contributed by atoms with Gasteiger partial charge in [-0.15, -0.1) is 0 Å². The van der Waals surface area contributed by atoms with Crippen molar-refractivity contribution in [1.29, 1.82) is 0 Å². The smallest absolute Gasteiger partial charge is 0.225 e. The Morgan fingerprint density at radius 1 is 1.07 bits per heavy atom. The Morgan fingerprint density at radius 3 is 2.00 bits per heavy atom. The van der Waals surface area contributed by atoms with Crippen LogP contribution in [0, 0.1) is 0 Å². The second-order valence-corrected chi connectivity index (χ2v) is 6.88. The van der Waals surface area contributed by atoms with Gasteiger partial charge in [-0.05, 0) is 25.5 Å². The maximum Gasteiger partial charge on any atom is 0.225 e.